The first kappa shape index (κ1) is 12.3. The monoisotopic (exact) mass is 359 g/mol. The molecule has 2 aromatic rings. The minimum absolute atomic E-state index is 0.166. The number of nitrogens with zero attached hydrogens (tertiary/aromatic N) is 1. The molecule has 0 bridgehead atoms. The van der Waals surface area contributed by atoms with E-state index < -0.39 is 0 Å². The number of thiazole rings is 1. The Morgan fingerprint density at radius 3 is 2.76 bits per heavy atom. The molecule has 3 N–H and O–H groups in total. The highest BCUT2D eigenvalue weighted by Gasteiger charge is 2.14. The van der Waals surface area contributed by atoms with Crippen molar-refractivity contribution >= 4 is 50.7 Å². The van der Waals surface area contributed by atoms with Gasteiger partial charge in [-0.2, -0.15) is 0 Å². The number of halogens is 1. The van der Waals surface area contributed by atoms with Crippen molar-refractivity contribution in [1.82, 2.24) is 4.98 Å². The van der Waals surface area contributed by atoms with Crippen molar-refractivity contribution in [3.63, 3.8) is 0 Å². The number of nitrogens with one attached hydrogen (secondary N) is 1. The molecule has 0 atom stereocenters. The zero-order valence-electron chi connectivity index (χ0n) is 9.03. The first-order valence-corrected chi connectivity index (χ1v) is 6.76. The normalized spacial score (nSPS) is 10.2. The van der Waals surface area contributed by atoms with Crippen LogP contribution in [0.25, 0.3) is 0 Å². The Bertz CT molecular complexity index is 568. The van der Waals surface area contributed by atoms with Gasteiger partial charge in [0.1, 0.15) is 4.88 Å². The smallest absolute Gasteiger partial charge is 0.267 e. The highest BCUT2D eigenvalue weighted by atomic mass is 127. The number of aryl methyl sites for hydroxylation is 1. The third kappa shape index (κ3) is 2.75. The number of nitrogens with two attached hydrogens (primary N) is 1. The molecule has 4 nitrogen and oxygen atoms in total. The number of carbonyl (C=O) groups is 1. The van der Waals surface area contributed by atoms with Gasteiger partial charge in [-0.15, -0.1) is 0 Å². The number of nitrogen functional groups attached to an aromatic ring is 1. The van der Waals surface area contributed by atoms with E-state index in [1.54, 1.807) is 6.92 Å². The third-order valence-corrected chi connectivity index (χ3v) is 4.07. The fourth-order valence-electron chi connectivity index (χ4n) is 1.37. The van der Waals surface area contributed by atoms with Crippen LogP contribution in [0.5, 0.6) is 0 Å². The molecule has 2 rings (SSSR count). The fraction of sp³-hybridized carbons (Fsp3) is 0.0909. The van der Waals surface area contributed by atoms with Crippen LogP contribution >= 0.6 is 33.9 Å². The molecule has 1 amide bonds. The van der Waals surface area contributed by atoms with Gasteiger partial charge in [0, 0.05) is 3.57 Å². The molecule has 17 heavy (non-hydrogen) atoms. The maximum atomic E-state index is 12.0. The van der Waals surface area contributed by atoms with Crippen molar-refractivity contribution in [2.45, 2.75) is 6.92 Å². The van der Waals surface area contributed by atoms with Crippen molar-refractivity contribution in [2.24, 2.45) is 0 Å². The van der Waals surface area contributed by atoms with Crippen molar-refractivity contribution in [3.8, 4) is 0 Å². The van der Waals surface area contributed by atoms with E-state index >= 15 is 0 Å². The molecule has 1 aromatic heterocycles. The number of benzene rings is 1. The van der Waals surface area contributed by atoms with Crippen LogP contribution in [0, 0.1) is 10.5 Å². The standard InChI is InChI=1S/C11H10IN3OS/c1-6-9(17-11(13)14-6)10(16)15-8-5-3-2-4-7(8)12/h2-5H,1H3,(H2,13,14)(H,15,16). The highest BCUT2D eigenvalue weighted by Crippen LogP contribution is 2.23. The van der Waals surface area contributed by atoms with Crippen LogP contribution in [-0.4, -0.2) is 10.9 Å². The molecule has 0 spiro atoms. The topological polar surface area (TPSA) is 68.0 Å². The Labute approximate surface area is 116 Å². The molecular weight excluding hydrogens is 349 g/mol. The van der Waals surface area contributed by atoms with Crippen molar-refractivity contribution in [2.75, 3.05) is 11.1 Å². The van der Waals surface area contributed by atoms with Crippen LogP contribution in [0.15, 0.2) is 24.3 Å². The number of amides is 1. The minimum atomic E-state index is -0.166. The lowest BCUT2D eigenvalue weighted by Gasteiger charge is -2.05. The summed E-state index contributed by atoms with van der Waals surface area (Å²) in [5.41, 5.74) is 7.03. The predicted molar refractivity (Wildman–Crippen MR) is 78.4 cm³/mol. The Morgan fingerprint density at radius 1 is 1.47 bits per heavy atom. The Hall–Kier alpha value is -1.15. The molecule has 0 aliphatic heterocycles. The van der Waals surface area contributed by atoms with Crippen LogP contribution in [0.2, 0.25) is 0 Å². The molecular formula is C11H10IN3OS. The lowest BCUT2D eigenvalue weighted by atomic mass is 10.3. The SMILES string of the molecule is Cc1nc(N)sc1C(=O)Nc1ccccc1I. The van der Waals surface area contributed by atoms with Crippen LogP contribution < -0.4 is 11.1 Å². The quantitative estimate of drug-likeness (QED) is 0.811. The predicted octanol–water partition coefficient (Wildman–Crippen LogP) is 2.89. The van der Waals surface area contributed by atoms with Gasteiger partial charge in [-0.25, -0.2) is 4.98 Å². The minimum Gasteiger partial charge on any atom is -0.375 e. The number of aromatic nitrogens is 1. The maximum Gasteiger partial charge on any atom is 0.267 e. The van der Waals surface area contributed by atoms with E-state index in [0.717, 1.165) is 9.26 Å². The zero-order valence-corrected chi connectivity index (χ0v) is 12.0. The summed E-state index contributed by atoms with van der Waals surface area (Å²) in [5.74, 6) is -0.166. The number of anilines is 2. The van der Waals surface area contributed by atoms with E-state index in [1.165, 1.54) is 11.3 Å². The van der Waals surface area contributed by atoms with Crippen LogP contribution in [-0.2, 0) is 0 Å². The van der Waals surface area contributed by atoms with Crippen LogP contribution in [0.4, 0.5) is 10.8 Å². The van der Waals surface area contributed by atoms with Gasteiger partial charge in [-0.1, -0.05) is 23.5 Å². The average molecular weight is 359 g/mol. The van der Waals surface area contributed by atoms with E-state index in [9.17, 15) is 4.79 Å². The van der Waals surface area contributed by atoms with Gasteiger partial charge in [-0.05, 0) is 41.6 Å². The Balaban J connectivity index is 2.23. The summed E-state index contributed by atoms with van der Waals surface area (Å²) in [5, 5.41) is 3.26. The fourth-order valence-corrected chi connectivity index (χ4v) is 2.62. The molecule has 88 valence electrons. The molecule has 0 radical (unpaired) electrons. The van der Waals surface area contributed by atoms with Crippen LogP contribution in [0.1, 0.15) is 15.4 Å². The molecule has 0 saturated carbocycles. The molecule has 1 heterocycles. The summed E-state index contributed by atoms with van der Waals surface area (Å²) in [4.78, 5) is 16.6. The zero-order chi connectivity index (χ0) is 12.4. The van der Waals surface area contributed by atoms with Gasteiger partial charge in [0.15, 0.2) is 5.13 Å². The van der Waals surface area contributed by atoms with E-state index in [0.29, 0.717) is 15.7 Å². The van der Waals surface area contributed by atoms with Crippen molar-refractivity contribution < 1.29 is 4.79 Å². The summed E-state index contributed by atoms with van der Waals surface area (Å²) >= 11 is 3.38. The van der Waals surface area contributed by atoms with E-state index in [1.807, 2.05) is 24.3 Å². The number of hydrogen-bond donors (Lipinski definition) is 2. The van der Waals surface area contributed by atoms with Gasteiger partial charge in [0.25, 0.3) is 5.91 Å². The molecule has 0 fully saturated rings. The summed E-state index contributed by atoms with van der Waals surface area (Å²) in [6.07, 6.45) is 0. The molecule has 0 saturated heterocycles. The Morgan fingerprint density at radius 2 is 2.18 bits per heavy atom. The summed E-state index contributed by atoms with van der Waals surface area (Å²) < 4.78 is 0.994. The van der Waals surface area contributed by atoms with Gasteiger partial charge in [0.05, 0.1) is 11.4 Å². The highest BCUT2D eigenvalue weighted by molar-refractivity contribution is 14.1. The van der Waals surface area contributed by atoms with Gasteiger partial charge in [0.2, 0.25) is 0 Å². The Kier molecular flexibility index (Phi) is 3.63. The summed E-state index contributed by atoms with van der Waals surface area (Å²) in [6, 6.07) is 7.60. The largest absolute Gasteiger partial charge is 0.375 e. The second kappa shape index (κ2) is 5.01. The van der Waals surface area contributed by atoms with Gasteiger partial charge in [-0.3, -0.25) is 4.79 Å². The lowest BCUT2D eigenvalue weighted by molar-refractivity contribution is 0.102. The second-order valence-electron chi connectivity index (χ2n) is 3.40. The lowest BCUT2D eigenvalue weighted by Crippen LogP contribution is -2.12. The number of rotatable bonds is 2. The van der Waals surface area contributed by atoms with Crippen molar-refractivity contribution in [1.29, 1.82) is 0 Å². The molecule has 0 aliphatic rings. The summed E-state index contributed by atoms with van der Waals surface area (Å²) in [6.45, 7) is 1.78. The van der Waals surface area contributed by atoms with E-state index in [4.69, 9.17) is 5.73 Å². The van der Waals surface area contributed by atoms with Gasteiger partial charge >= 0.3 is 0 Å². The number of para-hydroxylation sites is 1. The van der Waals surface area contributed by atoms with Gasteiger partial charge < -0.3 is 11.1 Å². The first-order chi connectivity index (χ1) is 8.08. The van der Waals surface area contributed by atoms with E-state index in [2.05, 4.69) is 32.9 Å². The van der Waals surface area contributed by atoms with Crippen LogP contribution in [0.3, 0.4) is 0 Å². The molecule has 6 heteroatoms. The number of hydrogen-bond acceptors (Lipinski definition) is 4. The molecule has 0 unspecified atom stereocenters. The molecule has 1 aromatic carbocycles. The second-order valence-corrected chi connectivity index (χ2v) is 5.59. The third-order valence-electron chi connectivity index (χ3n) is 2.14. The van der Waals surface area contributed by atoms with E-state index in [-0.39, 0.29) is 5.91 Å². The maximum absolute atomic E-state index is 12.0. The average Bonchev–Trinajstić information content (AvgIpc) is 2.61. The molecule has 0 aliphatic carbocycles. The summed E-state index contributed by atoms with van der Waals surface area (Å²) in [7, 11) is 0. The number of carbonyl (C=O) groups excluding carboxylic acids is 1. The first-order valence-electron chi connectivity index (χ1n) is 4.86. The van der Waals surface area contributed by atoms with Crippen molar-refractivity contribution in [3.05, 3.63) is 38.4 Å².